The predicted molar refractivity (Wildman–Crippen MR) is 126 cm³/mol. The molecule has 10 heteroatoms. The summed E-state index contributed by atoms with van der Waals surface area (Å²) in [6, 6.07) is -3.31. The Hall–Kier alpha value is -2.20. The van der Waals surface area contributed by atoms with Gasteiger partial charge in [-0.3, -0.25) is 14.4 Å². The number of carbonyl (C=O) groups excluding carboxylic acids is 3. The van der Waals surface area contributed by atoms with Crippen LogP contribution in [0.4, 0.5) is 0 Å². The van der Waals surface area contributed by atoms with Crippen molar-refractivity contribution in [3.8, 4) is 0 Å². The standard InChI is InChI=1S/C23H43N5O5/c1-5-15(4)19(23(32)33)27-20(29)17(9-6-7-11-24)26-21(30)18-10-8-12-28(18)22(31)16(25)13-14(2)3/h14-19H,5-13,24-25H2,1-4H3,(H,26,30)(H,27,29)(H,32,33). The first-order chi connectivity index (χ1) is 15.5. The largest absolute Gasteiger partial charge is 0.480 e. The fourth-order valence-corrected chi connectivity index (χ4v) is 4.09. The van der Waals surface area contributed by atoms with Crippen LogP contribution in [0.25, 0.3) is 0 Å². The van der Waals surface area contributed by atoms with Crippen LogP contribution in [0, 0.1) is 11.8 Å². The minimum Gasteiger partial charge on any atom is -0.480 e. The first-order valence-corrected chi connectivity index (χ1v) is 12.1. The lowest BCUT2D eigenvalue weighted by Crippen LogP contribution is -2.57. The minimum absolute atomic E-state index is 0.252. The molecule has 1 aliphatic heterocycles. The Bertz CT molecular complexity index is 672. The molecule has 1 saturated heterocycles. The van der Waals surface area contributed by atoms with Crippen molar-refractivity contribution in [3.05, 3.63) is 0 Å². The highest BCUT2D eigenvalue weighted by atomic mass is 16.4. The summed E-state index contributed by atoms with van der Waals surface area (Å²) in [6.45, 7) is 8.46. The third-order valence-electron chi connectivity index (χ3n) is 6.24. The number of rotatable bonds is 14. The average molecular weight is 470 g/mol. The van der Waals surface area contributed by atoms with Crippen molar-refractivity contribution in [1.29, 1.82) is 0 Å². The van der Waals surface area contributed by atoms with Crippen molar-refractivity contribution < 1.29 is 24.3 Å². The van der Waals surface area contributed by atoms with E-state index in [9.17, 15) is 24.3 Å². The number of carboxylic acid groups (broad SMARTS) is 1. The van der Waals surface area contributed by atoms with Gasteiger partial charge in [0.15, 0.2) is 0 Å². The third-order valence-corrected chi connectivity index (χ3v) is 6.24. The number of amides is 3. The van der Waals surface area contributed by atoms with Crippen molar-refractivity contribution in [2.24, 2.45) is 23.3 Å². The summed E-state index contributed by atoms with van der Waals surface area (Å²) in [7, 11) is 0. The van der Waals surface area contributed by atoms with E-state index in [0.29, 0.717) is 58.0 Å². The Morgan fingerprint density at radius 1 is 1.12 bits per heavy atom. The molecule has 0 radical (unpaired) electrons. The molecule has 0 aromatic heterocycles. The Balaban J connectivity index is 2.93. The molecule has 10 nitrogen and oxygen atoms in total. The van der Waals surface area contributed by atoms with Crippen LogP contribution in [0.5, 0.6) is 0 Å². The van der Waals surface area contributed by atoms with E-state index in [-0.39, 0.29) is 17.7 Å². The highest BCUT2D eigenvalue weighted by molar-refractivity contribution is 5.94. The summed E-state index contributed by atoms with van der Waals surface area (Å²) in [5.41, 5.74) is 11.6. The maximum absolute atomic E-state index is 13.1. The van der Waals surface area contributed by atoms with Crippen LogP contribution in [0.1, 0.15) is 72.6 Å². The normalized spacial score (nSPS) is 19.6. The van der Waals surface area contributed by atoms with Gasteiger partial charge >= 0.3 is 5.97 Å². The number of aliphatic carboxylic acids is 1. The molecule has 190 valence electrons. The fourth-order valence-electron chi connectivity index (χ4n) is 4.09. The SMILES string of the molecule is CCC(C)C(NC(=O)C(CCCCN)NC(=O)C1CCCN1C(=O)C(N)CC(C)C)C(=O)O. The molecule has 0 saturated carbocycles. The highest BCUT2D eigenvalue weighted by Crippen LogP contribution is 2.20. The van der Waals surface area contributed by atoms with Crippen molar-refractivity contribution in [1.82, 2.24) is 15.5 Å². The summed E-state index contributed by atoms with van der Waals surface area (Å²) in [4.78, 5) is 52.0. The smallest absolute Gasteiger partial charge is 0.326 e. The second-order valence-electron chi connectivity index (χ2n) is 9.48. The van der Waals surface area contributed by atoms with E-state index >= 15 is 0 Å². The molecule has 33 heavy (non-hydrogen) atoms. The van der Waals surface area contributed by atoms with Crippen LogP contribution >= 0.6 is 0 Å². The lowest BCUT2D eigenvalue weighted by Gasteiger charge is -2.29. The topological polar surface area (TPSA) is 168 Å². The van der Waals surface area contributed by atoms with E-state index < -0.39 is 42.0 Å². The van der Waals surface area contributed by atoms with E-state index in [4.69, 9.17) is 11.5 Å². The summed E-state index contributed by atoms with van der Waals surface area (Å²) in [5, 5.41) is 14.9. The number of hydrogen-bond acceptors (Lipinski definition) is 6. The van der Waals surface area contributed by atoms with Gasteiger partial charge in [-0.1, -0.05) is 34.1 Å². The zero-order chi connectivity index (χ0) is 25.1. The number of nitrogens with two attached hydrogens (primary N) is 2. The van der Waals surface area contributed by atoms with E-state index in [1.54, 1.807) is 6.92 Å². The van der Waals surface area contributed by atoms with E-state index in [1.165, 1.54) is 4.90 Å². The monoisotopic (exact) mass is 469 g/mol. The van der Waals surface area contributed by atoms with Crippen LogP contribution < -0.4 is 22.1 Å². The van der Waals surface area contributed by atoms with Gasteiger partial charge in [0.05, 0.1) is 6.04 Å². The van der Waals surface area contributed by atoms with Crippen LogP contribution in [-0.2, 0) is 19.2 Å². The molecule has 1 rings (SSSR count). The molecule has 3 amide bonds. The van der Waals surface area contributed by atoms with Gasteiger partial charge in [-0.25, -0.2) is 4.79 Å². The first kappa shape index (κ1) is 28.8. The Morgan fingerprint density at radius 2 is 1.79 bits per heavy atom. The fraction of sp³-hybridized carbons (Fsp3) is 0.826. The zero-order valence-corrected chi connectivity index (χ0v) is 20.5. The summed E-state index contributed by atoms with van der Waals surface area (Å²) < 4.78 is 0. The zero-order valence-electron chi connectivity index (χ0n) is 20.5. The quantitative estimate of drug-likeness (QED) is 0.232. The number of hydrogen-bond donors (Lipinski definition) is 5. The van der Waals surface area contributed by atoms with Crippen LogP contribution in [0.3, 0.4) is 0 Å². The van der Waals surface area contributed by atoms with Crippen molar-refractivity contribution in [3.63, 3.8) is 0 Å². The summed E-state index contributed by atoms with van der Waals surface area (Å²) >= 11 is 0. The predicted octanol–water partition coefficient (Wildman–Crippen LogP) is 0.580. The van der Waals surface area contributed by atoms with Crippen molar-refractivity contribution in [2.45, 2.75) is 96.8 Å². The maximum Gasteiger partial charge on any atom is 0.326 e. The summed E-state index contributed by atoms with van der Waals surface area (Å²) in [6.07, 6.45) is 3.88. The highest BCUT2D eigenvalue weighted by Gasteiger charge is 2.38. The molecule has 0 aliphatic carbocycles. The molecule has 1 fully saturated rings. The lowest BCUT2D eigenvalue weighted by atomic mass is 9.98. The van der Waals surface area contributed by atoms with Crippen molar-refractivity contribution in [2.75, 3.05) is 13.1 Å². The number of carboxylic acids is 1. The Morgan fingerprint density at radius 3 is 2.33 bits per heavy atom. The van der Waals surface area contributed by atoms with Crippen molar-refractivity contribution >= 4 is 23.7 Å². The number of carbonyl (C=O) groups is 4. The van der Waals surface area contributed by atoms with Gasteiger partial charge in [0.25, 0.3) is 0 Å². The molecule has 0 aromatic rings. The lowest BCUT2D eigenvalue weighted by molar-refractivity contribution is -0.144. The molecular weight excluding hydrogens is 426 g/mol. The van der Waals surface area contributed by atoms with Crippen LogP contribution in [0.2, 0.25) is 0 Å². The molecule has 0 bridgehead atoms. The van der Waals surface area contributed by atoms with Crippen LogP contribution in [0.15, 0.2) is 0 Å². The van der Waals surface area contributed by atoms with E-state index in [0.717, 1.165) is 0 Å². The Labute approximate surface area is 197 Å². The average Bonchev–Trinajstić information content (AvgIpc) is 3.24. The van der Waals surface area contributed by atoms with Gasteiger partial charge in [-0.2, -0.15) is 0 Å². The molecule has 7 N–H and O–H groups in total. The van der Waals surface area contributed by atoms with E-state index in [2.05, 4.69) is 10.6 Å². The van der Waals surface area contributed by atoms with Gasteiger partial charge < -0.3 is 32.1 Å². The molecule has 5 atom stereocenters. The first-order valence-electron chi connectivity index (χ1n) is 12.1. The molecular formula is C23H43N5O5. The van der Waals surface area contributed by atoms with Crippen LogP contribution in [-0.4, -0.2) is 71.0 Å². The van der Waals surface area contributed by atoms with Gasteiger partial charge in [0, 0.05) is 6.54 Å². The second kappa shape index (κ2) is 14.1. The minimum atomic E-state index is -1.11. The van der Waals surface area contributed by atoms with Gasteiger partial charge in [0.1, 0.15) is 18.1 Å². The number of likely N-dealkylation sites (tertiary alicyclic amines) is 1. The van der Waals surface area contributed by atoms with Gasteiger partial charge in [-0.05, 0) is 56.9 Å². The van der Waals surface area contributed by atoms with E-state index in [1.807, 2.05) is 20.8 Å². The molecule has 1 aliphatic rings. The second-order valence-corrected chi connectivity index (χ2v) is 9.48. The number of nitrogens with one attached hydrogen (secondary N) is 2. The maximum atomic E-state index is 13.1. The molecule has 5 unspecified atom stereocenters. The molecule has 0 aromatic carbocycles. The van der Waals surface area contributed by atoms with Gasteiger partial charge in [0.2, 0.25) is 17.7 Å². The summed E-state index contributed by atoms with van der Waals surface area (Å²) in [5.74, 6) is -2.34. The number of nitrogens with zero attached hydrogens (tertiary/aromatic N) is 1. The molecule has 0 spiro atoms. The number of unbranched alkanes of at least 4 members (excludes halogenated alkanes) is 1. The Kier molecular flexibility index (Phi) is 12.4. The molecule has 1 heterocycles. The third kappa shape index (κ3) is 8.92. The van der Waals surface area contributed by atoms with Gasteiger partial charge in [-0.15, -0.1) is 0 Å².